The molecule has 1 aromatic carbocycles. The number of hydrogen-bond acceptors (Lipinski definition) is 18. The molecular formula is C60H71BBr4N9O8S3. The summed E-state index contributed by atoms with van der Waals surface area (Å²) in [6.45, 7) is 16.7. The molecule has 0 spiro atoms. The van der Waals surface area contributed by atoms with E-state index in [1.54, 1.807) is 43.8 Å². The molecule has 3 atom stereocenters. The van der Waals surface area contributed by atoms with Gasteiger partial charge < -0.3 is 25.0 Å². The normalized spacial score (nSPS) is 15.2. The molecule has 0 unspecified atom stereocenters. The fourth-order valence-corrected chi connectivity index (χ4v) is 12.6. The van der Waals surface area contributed by atoms with Gasteiger partial charge in [-0.15, -0.1) is 22.7 Å². The number of ether oxygens (including phenoxy) is 2. The third-order valence-electron chi connectivity index (χ3n) is 14.1. The monoisotopic (exact) mass is 1470 g/mol. The number of Topliss-reactive ketones (excluding diaryl/α,β-unsaturated/α-hetero) is 2. The Morgan fingerprint density at radius 1 is 0.729 bits per heavy atom. The van der Waals surface area contributed by atoms with Crippen LogP contribution in [-0.2, 0) is 50.3 Å². The van der Waals surface area contributed by atoms with Crippen molar-refractivity contribution < 1.29 is 38.2 Å². The summed E-state index contributed by atoms with van der Waals surface area (Å²) in [7, 11) is 7.01. The third-order valence-corrected chi connectivity index (χ3v) is 18.2. The van der Waals surface area contributed by atoms with Gasteiger partial charge in [0.1, 0.15) is 27.3 Å². The number of benzene rings is 1. The van der Waals surface area contributed by atoms with E-state index in [1.165, 1.54) is 64.1 Å². The van der Waals surface area contributed by atoms with Crippen LogP contribution in [0.4, 0.5) is 0 Å². The predicted octanol–water partition coefficient (Wildman–Crippen LogP) is 13.6. The molecule has 17 nitrogen and oxygen atoms in total. The minimum absolute atomic E-state index is 0.0549. The van der Waals surface area contributed by atoms with Crippen molar-refractivity contribution in [3.8, 4) is 10.4 Å². The molecule has 85 heavy (non-hydrogen) atoms. The van der Waals surface area contributed by atoms with Crippen molar-refractivity contribution >= 4 is 142 Å². The van der Waals surface area contributed by atoms with Crippen LogP contribution in [0, 0.1) is 38.5 Å². The molecule has 2 aliphatic heterocycles. The summed E-state index contributed by atoms with van der Waals surface area (Å²) in [5.74, 6) is 2.00. The van der Waals surface area contributed by atoms with Crippen LogP contribution >= 0.6 is 99.2 Å². The zero-order valence-corrected chi connectivity index (χ0v) is 58.2. The molecule has 2 amide bonds. The Balaban J connectivity index is 0.000000194. The van der Waals surface area contributed by atoms with Crippen molar-refractivity contribution in [1.82, 2.24) is 34.7 Å². The van der Waals surface area contributed by atoms with Crippen molar-refractivity contribution in [2.75, 3.05) is 14.2 Å². The molecule has 11 rings (SSSR count). The minimum atomic E-state index is -0.415. The number of halogens is 4. The number of fused-ring (bicyclic) bond motifs is 2. The van der Waals surface area contributed by atoms with Gasteiger partial charge in [0.25, 0.3) is 11.8 Å². The number of pyridine rings is 3. The van der Waals surface area contributed by atoms with E-state index in [9.17, 15) is 28.8 Å². The molecule has 3 fully saturated rings. The van der Waals surface area contributed by atoms with Gasteiger partial charge in [0.05, 0.1) is 37.6 Å². The Morgan fingerprint density at radius 2 is 1.26 bits per heavy atom. The quantitative estimate of drug-likeness (QED) is 0.0474. The van der Waals surface area contributed by atoms with E-state index in [4.69, 9.17) is 5.73 Å². The molecular weight excluding hydrogens is 1400 g/mol. The summed E-state index contributed by atoms with van der Waals surface area (Å²) < 4.78 is 14.6. The fraction of sp³-hybridized carbons (Fsp3) is 0.450. The summed E-state index contributed by atoms with van der Waals surface area (Å²) in [6.07, 6.45) is 13.5. The Hall–Kier alpha value is -4.76. The summed E-state index contributed by atoms with van der Waals surface area (Å²) in [4.78, 5) is 95.0. The first-order chi connectivity index (χ1) is 40.3. The van der Waals surface area contributed by atoms with Gasteiger partial charge in [0.15, 0.2) is 11.4 Å². The molecule has 6 aromatic rings. The van der Waals surface area contributed by atoms with E-state index in [1.807, 2.05) is 60.2 Å². The van der Waals surface area contributed by atoms with Gasteiger partial charge in [-0.05, 0) is 197 Å². The van der Waals surface area contributed by atoms with Crippen molar-refractivity contribution in [1.29, 1.82) is 0 Å². The van der Waals surface area contributed by atoms with E-state index in [-0.39, 0.29) is 29.4 Å². The first-order valence-electron chi connectivity index (χ1n) is 27.4. The van der Waals surface area contributed by atoms with E-state index in [2.05, 4.69) is 156 Å². The number of carbonyl (C=O) groups excluding carboxylic acids is 6. The van der Waals surface area contributed by atoms with Gasteiger partial charge in [-0.2, -0.15) is 0 Å². The van der Waals surface area contributed by atoms with Crippen LogP contribution in [0.15, 0.2) is 78.1 Å². The number of alkyl halides is 1. The SMILES string of the molecule is CC(=O)Cc1nc(C)c(-c2cnc3c(c2)CN([C@@H](C)C2CC2)C3=O)s1.CC(=O)Cc1nc(C)cs1.COC(=O)c1ncc(Br)cc1C.COC(=O)c1ncc(Br)cc1CBr.C[C@@H](C1CC1)N1Cc2cc(Br)ccc2C1=O.C[C@H](N)C1CC1.[B]=NS. The van der Waals surface area contributed by atoms with Gasteiger partial charge in [0.2, 0.25) is 0 Å². The average Bonchev–Trinajstić information content (AvgIpc) is 2.78. The zero-order valence-electron chi connectivity index (χ0n) is 49.3. The number of nitrogens with two attached hydrogens (primary N) is 1. The summed E-state index contributed by atoms with van der Waals surface area (Å²) in [5, 5.41) is 4.29. The number of thiol groups is 1. The van der Waals surface area contributed by atoms with Crippen LogP contribution in [0.2, 0.25) is 0 Å². The second-order valence-electron chi connectivity index (χ2n) is 21.1. The number of ketones is 2. The topological polar surface area (TPSA) is 230 Å². The molecule has 7 heterocycles. The Labute approximate surface area is 546 Å². The van der Waals surface area contributed by atoms with Crippen LogP contribution in [0.25, 0.3) is 10.4 Å². The number of esters is 2. The molecule has 0 saturated heterocycles. The van der Waals surface area contributed by atoms with E-state index in [0.717, 1.165) is 91.5 Å². The second-order valence-corrected chi connectivity index (χ2v) is 26.7. The maximum atomic E-state index is 12.6. The molecule has 5 aliphatic rings. The maximum absolute atomic E-state index is 12.6. The number of aryl methyl sites for hydroxylation is 3. The van der Waals surface area contributed by atoms with Crippen molar-refractivity contribution in [2.24, 2.45) is 27.8 Å². The van der Waals surface area contributed by atoms with Gasteiger partial charge >= 0.3 is 36.7 Å². The molecule has 3 saturated carbocycles. The first kappa shape index (κ1) is 71.0. The number of carbonyl (C=O) groups is 6. The standard InChI is InChI=1S/C19H21N3O2S.C13H14BrNO.C8H7Br2NO2.C8H8BrNO2.C7H9NOS.C5H11N.BHNS/c1-10(23)6-16-21-11(2)18(25-16)14-7-15-9-22(12(3)13-4-5-13)19(24)17(15)20-8-14;1-8(9-2-3-9)15-7-10-6-11(14)4-5-12(10)13(15)16;1-13-8(12)7-5(3-9)2-6(10)4-11-7;1-5-3-6(9)4-10-7(5)8(11)12-2;1-5-4-10-7(8-5)3-6(2)9;1-4(6)5-2-3-5;1-2-3/h7-8,12-13H,4-6,9H2,1-3H3;4-6,8-9H,2-3,7H2,1H3;2,4H,3H2,1H3;3-4H,1-2H3;4H,3H2,1-2H3;4-5H,2-3,6H2,1H3;3H/t12-;8-;;;;4-;/m00...0./s1. The summed E-state index contributed by atoms with van der Waals surface area (Å²) in [5.41, 5.74) is 14.3. The van der Waals surface area contributed by atoms with Crippen LogP contribution in [0.3, 0.4) is 0 Å². The zero-order chi connectivity index (χ0) is 62.8. The number of hydrogen-bond donors (Lipinski definition) is 2. The number of rotatable bonds is 13. The van der Waals surface area contributed by atoms with Gasteiger partial charge in [-0.1, -0.05) is 31.9 Å². The van der Waals surface area contributed by atoms with Gasteiger partial charge in [-0.25, -0.2) is 29.5 Å². The van der Waals surface area contributed by atoms with Crippen LogP contribution < -0.4 is 5.73 Å². The molecule has 2 N–H and O–H groups in total. The Bertz CT molecular complexity index is 3340. The van der Waals surface area contributed by atoms with Crippen LogP contribution in [0.5, 0.6) is 0 Å². The number of methoxy groups -OCH3 is 2. The second kappa shape index (κ2) is 34.1. The van der Waals surface area contributed by atoms with Crippen LogP contribution in [-0.4, -0.2) is 110 Å². The Morgan fingerprint density at radius 3 is 1.75 bits per heavy atom. The van der Waals surface area contributed by atoms with Crippen molar-refractivity contribution in [3.63, 3.8) is 0 Å². The van der Waals surface area contributed by atoms with Gasteiger partial charge in [0, 0.05) is 96.3 Å². The first-order valence-corrected chi connectivity index (χ1v) is 33.0. The van der Waals surface area contributed by atoms with Crippen molar-refractivity contribution in [3.05, 3.63) is 140 Å². The fourth-order valence-electron chi connectivity index (χ4n) is 9.02. The van der Waals surface area contributed by atoms with E-state index in [0.29, 0.717) is 59.8 Å². The molecule has 1 radical (unpaired) electrons. The predicted molar refractivity (Wildman–Crippen MR) is 351 cm³/mol. The summed E-state index contributed by atoms with van der Waals surface area (Å²) >= 11 is 19.5. The summed E-state index contributed by atoms with van der Waals surface area (Å²) in [6, 6.07) is 12.8. The average molecular weight is 1470 g/mol. The molecule has 25 heteroatoms. The van der Waals surface area contributed by atoms with E-state index >= 15 is 0 Å². The van der Waals surface area contributed by atoms with E-state index < -0.39 is 11.9 Å². The molecule has 0 bridgehead atoms. The van der Waals surface area contributed by atoms with Gasteiger partial charge in [-0.3, -0.25) is 24.2 Å². The Kier molecular flexibility index (Phi) is 28.5. The van der Waals surface area contributed by atoms with Crippen molar-refractivity contribution in [2.45, 2.75) is 143 Å². The number of nitrogens with zero attached hydrogens (tertiary/aromatic N) is 8. The third kappa shape index (κ3) is 21.8. The van der Waals surface area contributed by atoms with Crippen LogP contribution in [0.1, 0.15) is 159 Å². The molecule has 5 aromatic heterocycles. The number of thiazole rings is 2. The molecule has 453 valence electrons. The molecule has 3 aliphatic carbocycles. The number of aromatic nitrogens is 5. The number of amides is 2.